The van der Waals surface area contributed by atoms with Gasteiger partial charge in [0.25, 0.3) is 0 Å². The zero-order valence-electron chi connectivity index (χ0n) is 21.1. The average molecular weight is 463 g/mol. The molecule has 188 valence electrons. The first kappa shape index (κ1) is 25.0. The minimum atomic E-state index is -0.276. The molecule has 6 nitrogen and oxygen atoms in total. The smallest absolute Gasteiger partial charge is 0.305 e. The maximum atomic E-state index is 11.8. The molecule has 4 fully saturated rings. The molecule has 4 aliphatic carbocycles. The Balaban J connectivity index is 1.48. The molecule has 0 aromatic carbocycles. The first-order valence-electron chi connectivity index (χ1n) is 13.4. The molecule has 0 aliphatic heterocycles. The summed E-state index contributed by atoms with van der Waals surface area (Å²) >= 11 is 0. The number of aliphatic hydroxyl groups excluding tert-OH is 1. The van der Waals surface area contributed by atoms with Crippen LogP contribution < -0.4 is 11.1 Å². The Hall–Kier alpha value is -1.14. The third kappa shape index (κ3) is 4.24. The fourth-order valence-corrected chi connectivity index (χ4v) is 9.25. The van der Waals surface area contributed by atoms with E-state index in [0.717, 1.165) is 38.5 Å². The lowest BCUT2D eigenvalue weighted by Crippen LogP contribution is -2.59. The van der Waals surface area contributed by atoms with Crippen LogP contribution in [0.15, 0.2) is 0 Å². The highest BCUT2D eigenvalue weighted by atomic mass is 16.5. The normalized spacial score (nSPS) is 45.3. The van der Waals surface area contributed by atoms with Crippen molar-refractivity contribution in [3.8, 4) is 0 Å². The molecule has 0 aromatic rings. The van der Waals surface area contributed by atoms with Crippen LogP contribution in [0.2, 0.25) is 0 Å². The summed E-state index contributed by atoms with van der Waals surface area (Å²) in [5.74, 6) is 3.16. The van der Waals surface area contributed by atoms with E-state index in [1.807, 2.05) is 0 Å². The van der Waals surface area contributed by atoms with Crippen LogP contribution in [0.4, 0.5) is 0 Å². The molecule has 0 bridgehead atoms. The van der Waals surface area contributed by atoms with Gasteiger partial charge in [0.2, 0.25) is 5.91 Å². The van der Waals surface area contributed by atoms with Crippen LogP contribution in [0, 0.1) is 46.3 Å². The fraction of sp³-hybridized carbons (Fsp3) is 0.926. The quantitative estimate of drug-likeness (QED) is 0.523. The number of nitrogens with one attached hydrogen (secondary N) is 1. The predicted octanol–water partition coefficient (Wildman–Crippen LogP) is 3.65. The highest BCUT2D eigenvalue weighted by molar-refractivity contribution is 5.78. The topological polar surface area (TPSA) is 102 Å². The summed E-state index contributed by atoms with van der Waals surface area (Å²) in [6.07, 6.45) is 10.0. The van der Waals surface area contributed by atoms with Gasteiger partial charge in [-0.25, -0.2) is 0 Å². The van der Waals surface area contributed by atoms with E-state index in [9.17, 15) is 14.7 Å². The van der Waals surface area contributed by atoms with Crippen LogP contribution in [0.1, 0.15) is 85.0 Å². The molecule has 0 spiro atoms. The Morgan fingerprint density at radius 2 is 1.88 bits per heavy atom. The second-order valence-corrected chi connectivity index (χ2v) is 12.3. The molecule has 9 unspecified atom stereocenters. The van der Waals surface area contributed by atoms with E-state index in [0.29, 0.717) is 41.9 Å². The van der Waals surface area contributed by atoms with Gasteiger partial charge >= 0.3 is 5.97 Å². The Morgan fingerprint density at radius 3 is 2.58 bits per heavy atom. The van der Waals surface area contributed by atoms with Crippen molar-refractivity contribution in [2.24, 2.45) is 52.1 Å². The lowest BCUT2D eigenvalue weighted by molar-refractivity contribution is -0.170. The number of amides is 1. The van der Waals surface area contributed by atoms with Crippen LogP contribution in [-0.2, 0) is 14.3 Å². The number of nitrogens with two attached hydrogens (primary N) is 1. The maximum absolute atomic E-state index is 11.8. The minimum Gasteiger partial charge on any atom is -0.469 e. The summed E-state index contributed by atoms with van der Waals surface area (Å²) in [6, 6.07) is 0.251. The summed E-state index contributed by atoms with van der Waals surface area (Å²) in [7, 11) is 1.46. The molecule has 1 amide bonds. The number of carbonyl (C=O) groups excluding carboxylic acids is 2. The molecule has 0 heterocycles. The zero-order chi connectivity index (χ0) is 24.0. The summed E-state index contributed by atoms with van der Waals surface area (Å²) in [5.41, 5.74) is 5.73. The van der Waals surface area contributed by atoms with Gasteiger partial charge in [0, 0.05) is 12.5 Å². The van der Waals surface area contributed by atoms with E-state index in [-0.39, 0.29) is 41.4 Å². The van der Waals surface area contributed by atoms with Crippen molar-refractivity contribution in [1.29, 1.82) is 0 Å². The molecule has 4 aliphatic rings. The third-order valence-corrected chi connectivity index (χ3v) is 11.1. The van der Waals surface area contributed by atoms with Crippen molar-refractivity contribution in [1.82, 2.24) is 5.32 Å². The number of aliphatic hydroxyl groups is 1. The summed E-state index contributed by atoms with van der Waals surface area (Å²) in [5, 5.41) is 14.8. The lowest BCUT2D eigenvalue weighted by atomic mass is 9.43. The maximum Gasteiger partial charge on any atom is 0.305 e. The Bertz CT molecular complexity index is 744. The number of carbonyl (C=O) groups is 2. The van der Waals surface area contributed by atoms with Crippen molar-refractivity contribution in [2.45, 2.75) is 97.1 Å². The molecular formula is C27H46N2O4. The highest BCUT2D eigenvalue weighted by Crippen LogP contribution is 2.68. The van der Waals surface area contributed by atoms with Gasteiger partial charge in [-0.1, -0.05) is 20.8 Å². The van der Waals surface area contributed by atoms with Gasteiger partial charge in [0.15, 0.2) is 0 Å². The Labute approximate surface area is 199 Å². The van der Waals surface area contributed by atoms with E-state index in [2.05, 4.69) is 26.1 Å². The second-order valence-electron chi connectivity index (χ2n) is 12.3. The average Bonchev–Trinajstić information content (AvgIpc) is 3.16. The number of hydrogen-bond acceptors (Lipinski definition) is 5. The molecule has 33 heavy (non-hydrogen) atoms. The minimum absolute atomic E-state index is 0.0422. The molecule has 0 radical (unpaired) electrons. The van der Waals surface area contributed by atoms with Crippen LogP contribution in [0.3, 0.4) is 0 Å². The molecular weight excluding hydrogens is 416 g/mol. The number of rotatable bonds is 6. The van der Waals surface area contributed by atoms with Gasteiger partial charge in [-0.05, 0) is 104 Å². The predicted molar refractivity (Wildman–Crippen MR) is 128 cm³/mol. The van der Waals surface area contributed by atoms with E-state index < -0.39 is 0 Å². The van der Waals surface area contributed by atoms with Gasteiger partial charge in [0.05, 0.1) is 19.8 Å². The zero-order valence-corrected chi connectivity index (χ0v) is 21.1. The molecule has 4 N–H and O–H groups in total. The molecule has 0 saturated heterocycles. The first-order chi connectivity index (χ1) is 15.6. The second kappa shape index (κ2) is 9.49. The van der Waals surface area contributed by atoms with Crippen molar-refractivity contribution in [3.63, 3.8) is 0 Å². The van der Waals surface area contributed by atoms with Crippen LogP contribution in [-0.4, -0.2) is 42.8 Å². The van der Waals surface area contributed by atoms with Crippen LogP contribution in [0.25, 0.3) is 0 Å². The van der Waals surface area contributed by atoms with Crippen molar-refractivity contribution >= 4 is 11.9 Å². The molecule has 6 heteroatoms. The van der Waals surface area contributed by atoms with Crippen molar-refractivity contribution in [2.75, 3.05) is 13.7 Å². The van der Waals surface area contributed by atoms with Gasteiger partial charge in [0.1, 0.15) is 0 Å². The largest absolute Gasteiger partial charge is 0.469 e. The standard InChI is InChI=1S/C27H46N2O4/c1-16(5-10-25(32)33-4)20-8-9-21-19-7-6-17-13-18(29-24(31)15-28)11-12-26(17,2)22(19)14-23(30)27(20,21)3/h16-23,30H,5-15,28H2,1-4H3,(H,29,31)/t16?,17?,18?,19?,20?,21?,22?,23-,26?,27?/m0/s1. The lowest BCUT2D eigenvalue weighted by Gasteiger charge is -2.62. The van der Waals surface area contributed by atoms with Gasteiger partial charge < -0.3 is 20.9 Å². The molecule has 4 saturated carbocycles. The van der Waals surface area contributed by atoms with E-state index in [4.69, 9.17) is 10.5 Å². The summed E-state index contributed by atoms with van der Waals surface area (Å²) in [4.78, 5) is 23.6. The first-order valence-corrected chi connectivity index (χ1v) is 13.4. The summed E-state index contributed by atoms with van der Waals surface area (Å²) in [6.45, 7) is 7.18. The number of methoxy groups -OCH3 is 1. The number of esters is 1. The fourth-order valence-electron chi connectivity index (χ4n) is 9.25. The van der Waals surface area contributed by atoms with Gasteiger partial charge in [-0.15, -0.1) is 0 Å². The highest BCUT2D eigenvalue weighted by Gasteiger charge is 2.63. The van der Waals surface area contributed by atoms with Gasteiger partial charge in [-0.2, -0.15) is 0 Å². The number of fused-ring (bicyclic) bond motifs is 5. The monoisotopic (exact) mass is 462 g/mol. The Kier molecular flexibility index (Phi) is 7.18. The van der Waals surface area contributed by atoms with E-state index in [1.165, 1.54) is 26.4 Å². The molecule has 10 atom stereocenters. The van der Waals surface area contributed by atoms with Crippen molar-refractivity contribution in [3.05, 3.63) is 0 Å². The SMILES string of the molecule is COC(=O)CCC(C)C1CCC2C3CCC4CC(NC(=O)CN)CCC4(C)C3C[C@H](O)C12C. The number of hydrogen-bond donors (Lipinski definition) is 3. The number of ether oxygens (including phenoxy) is 1. The van der Waals surface area contributed by atoms with Crippen LogP contribution in [0.5, 0.6) is 0 Å². The molecule has 4 rings (SSSR count). The third-order valence-electron chi connectivity index (χ3n) is 11.1. The molecule has 0 aromatic heterocycles. The van der Waals surface area contributed by atoms with Gasteiger partial charge in [-0.3, -0.25) is 9.59 Å². The van der Waals surface area contributed by atoms with Crippen LogP contribution >= 0.6 is 0 Å². The summed E-state index contributed by atoms with van der Waals surface area (Å²) < 4.78 is 4.87. The van der Waals surface area contributed by atoms with E-state index in [1.54, 1.807) is 0 Å². The van der Waals surface area contributed by atoms with E-state index >= 15 is 0 Å². The Morgan fingerprint density at radius 1 is 1.12 bits per heavy atom. The van der Waals surface area contributed by atoms with Crippen molar-refractivity contribution < 1.29 is 19.4 Å².